The highest BCUT2D eigenvalue weighted by Gasteiger charge is 2.22. The number of piperazine rings is 1. The fourth-order valence-electron chi connectivity index (χ4n) is 3.31. The van der Waals surface area contributed by atoms with Gasteiger partial charge in [0.1, 0.15) is 0 Å². The molecule has 4 heteroatoms. The molecule has 1 amide bonds. The van der Waals surface area contributed by atoms with E-state index in [1.54, 1.807) is 24.3 Å². The molecule has 0 N–H and O–H groups in total. The Kier molecular flexibility index (Phi) is 5.77. The van der Waals surface area contributed by atoms with E-state index >= 15 is 0 Å². The summed E-state index contributed by atoms with van der Waals surface area (Å²) < 4.78 is 0. The van der Waals surface area contributed by atoms with E-state index in [2.05, 4.69) is 36.9 Å². The molecule has 0 aliphatic carbocycles. The lowest BCUT2D eigenvalue weighted by molar-refractivity contribution is 0.0638. The molecule has 0 radical (unpaired) electrons. The Morgan fingerprint density at radius 2 is 1.68 bits per heavy atom. The molecule has 0 atom stereocenters. The first-order valence-corrected chi connectivity index (χ1v) is 9.24. The van der Waals surface area contributed by atoms with Crippen molar-refractivity contribution in [3.05, 3.63) is 69.7 Å². The summed E-state index contributed by atoms with van der Waals surface area (Å²) in [4.78, 5) is 16.9. The van der Waals surface area contributed by atoms with E-state index in [0.717, 1.165) is 39.1 Å². The number of nitrogens with zero attached hydrogens (tertiary/aromatic N) is 2. The minimum atomic E-state index is 0.103. The first kappa shape index (κ1) is 18.0. The Morgan fingerprint density at radius 3 is 2.36 bits per heavy atom. The van der Waals surface area contributed by atoms with Gasteiger partial charge in [0.15, 0.2) is 0 Å². The van der Waals surface area contributed by atoms with Crippen molar-refractivity contribution >= 4 is 17.5 Å². The van der Waals surface area contributed by atoms with Gasteiger partial charge in [-0.3, -0.25) is 9.69 Å². The summed E-state index contributed by atoms with van der Waals surface area (Å²) in [5, 5.41) is 0.660. The van der Waals surface area contributed by atoms with Crippen molar-refractivity contribution in [2.24, 2.45) is 0 Å². The predicted molar refractivity (Wildman–Crippen MR) is 103 cm³/mol. The lowest BCUT2D eigenvalue weighted by atomic mass is 10.0. The first-order valence-electron chi connectivity index (χ1n) is 8.87. The molecule has 25 heavy (non-hydrogen) atoms. The quantitative estimate of drug-likeness (QED) is 0.827. The highest BCUT2D eigenvalue weighted by atomic mass is 35.5. The van der Waals surface area contributed by atoms with E-state index in [1.165, 1.54) is 16.7 Å². The van der Waals surface area contributed by atoms with E-state index < -0.39 is 0 Å². The molecule has 0 bridgehead atoms. The van der Waals surface area contributed by atoms with Crippen LogP contribution in [0.2, 0.25) is 5.02 Å². The van der Waals surface area contributed by atoms with Crippen LogP contribution in [0.25, 0.3) is 0 Å². The summed E-state index contributed by atoms with van der Waals surface area (Å²) >= 11 is 5.90. The third kappa shape index (κ3) is 4.42. The second-order valence-corrected chi connectivity index (χ2v) is 7.19. The molecule has 0 unspecified atom stereocenters. The number of benzene rings is 2. The van der Waals surface area contributed by atoms with Crippen molar-refractivity contribution in [2.75, 3.05) is 32.7 Å². The molecule has 0 spiro atoms. The average molecular weight is 357 g/mol. The Bertz CT molecular complexity index is 734. The molecular formula is C21H25ClN2O. The smallest absolute Gasteiger partial charge is 0.253 e. The number of amides is 1. The van der Waals surface area contributed by atoms with Crippen molar-refractivity contribution in [3.63, 3.8) is 0 Å². The molecule has 1 aliphatic rings. The van der Waals surface area contributed by atoms with Crippen LogP contribution in [0.15, 0.2) is 42.5 Å². The zero-order valence-electron chi connectivity index (χ0n) is 15.0. The van der Waals surface area contributed by atoms with Crippen molar-refractivity contribution in [1.82, 2.24) is 9.80 Å². The summed E-state index contributed by atoms with van der Waals surface area (Å²) in [6.07, 6.45) is 1.07. The van der Waals surface area contributed by atoms with Gasteiger partial charge in [0.25, 0.3) is 5.91 Å². The number of carbonyl (C=O) groups excluding carboxylic acids is 1. The molecule has 1 saturated heterocycles. The topological polar surface area (TPSA) is 23.6 Å². The van der Waals surface area contributed by atoms with Crippen LogP contribution in [-0.2, 0) is 6.42 Å². The first-order chi connectivity index (χ1) is 12.0. The number of hydrogen-bond donors (Lipinski definition) is 0. The molecule has 2 aromatic carbocycles. The number of halogens is 1. The maximum Gasteiger partial charge on any atom is 0.253 e. The summed E-state index contributed by atoms with van der Waals surface area (Å²) in [6, 6.07) is 13.7. The molecule has 0 aromatic heterocycles. The third-order valence-corrected chi connectivity index (χ3v) is 5.42. The molecule has 3 rings (SSSR count). The molecule has 3 nitrogen and oxygen atoms in total. The van der Waals surface area contributed by atoms with E-state index in [0.29, 0.717) is 10.6 Å². The van der Waals surface area contributed by atoms with E-state index in [9.17, 15) is 4.79 Å². The fourth-order valence-corrected chi connectivity index (χ4v) is 3.44. The maximum atomic E-state index is 12.5. The van der Waals surface area contributed by atoms with Crippen molar-refractivity contribution in [1.29, 1.82) is 0 Å². The monoisotopic (exact) mass is 356 g/mol. The molecule has 132 valence electrons. The highest BCUT2D eigenvalue weighted by Crippen LogP contribution is 2.15. The summed E-state index contributed by atoms with van der Waals surface area (Å²) in [5.74, 6) is 0.103. The zero-order chi connectivity index (χ0) is 17.8. The van der Waals surface area contributed by atoms with Crippen LogP contribution >= 0.6 is 11.6 Å². The molecular weight excluding hydrogens is 332 g/mol. The molecule has 1 fully saturated rings. The third-order valence-electron chi connectivity index (χ3n) is 5.16. The zero-order valence-corrected chi connectivity index (χ0v) is 15.7. The van der Waals surface area contributed by atoms with Crippen LogP contribution in [0.5, 0.6) is 0 Å². The van der Waals surface area contributed by atoms with Gasteiger partial charge in [0.2, 0.25) is 0 Å². The number of rotatable bonds is 4. The van der Waals surface area contributed by atoms with Gasteiger partial charge in [-0.1, -0.05) is 29.8 Å². The van der Waals surface area contributed by atoms with Crippen LogP contribution < -0.4 is 0 Å². The average Bonchev–Trinajstić information content (AvgIpc) is 2.63. The Balaban J connectivity index is 1.51. The van der Waals surface area contributed by atoms with Crippen LogP contribution in [0.3, 0.4) is 0 Å². The van der Waals surface area contributed by atoms with Gasteiger partial charge in [0, 0.05) is 43.3 Å². The second kappa shape index (κ2) is 8.03. The van der Waals surface area contributed by atoms with Crippen molar-refractivity contribution in [3.8, 4) is 0 Å². The summed E-state index contributed by atoms with van der Waals surface area (Å²) in [5.41, 5.74) is 4.91. The van der Waals surface area contributed by atoms with Crippen molar-refractivity contribution < 1.29 is 4.79 Å². The van der Waals surface area contributed by atoms with Crippen molar-refractivity contribution in [2.45, 2.75) is 20.3 Å². The van der Waals surface area contributed by atoms with E-state index in [1.807, 2.05) is 4.90 Å². The van der Waals surface area contributed by atoms with Crippen LogP contribution in [-0.4, -0.2) is 48.4 Å². The van der Waals surface area contributed by atoms with Gasteiger partial charge in [-0.15, -0.1) is 0 Å². The van der Waals surface area contributed by atoms with Crippen LogP contribution in [0.1, 0.15) is 27.0 Å². The SMILES string of the molecule is Cc1cccc(CCN2CCN(C(=O)c3ccc(Cl)cc3)CC2)c1C. The Morgan fingerprint density at radius 1 is 1.00 bits per heavy atom. The number of hydrogen-bond acceptors (Lipinski definition) is 2. The van der Waals surface area contributed by atoms with Crippen LogP contribution in [0, 0.1) is 13.8 Å². The second-order valence-electron chi connectivity index (χ2n) is 6.75. The number of aryl methyl sites for hydroxylation is 1. The van der Waals surface area contributed by atoms with Gasteiger partial charge in [-0.2, -0.15) is 0 Å². The van der Waals surface area contributed by atoms with Gasteiger partial charge in [-0.25, -0.2) is 0 Å². The maximum absolute atomic E-state index is 12.5. The van der Waals surface area contributed by atoms with Gasteiger partial charge in [0.05, 0.1) is 0 Å². The van der Waals surface area contributed by atoms with E-state index in [-0.39, 0.29) is 5.91 Å². The fraction of sp³-hybridized carbons (Fsp3) is 0.381. The standard InChI is InChI=1S/C21H25ClN2O/c1-16-4-3-5-18(17(16)2)10-11-23-12-14-24(15-13-23)21(25)19-6-8-20(22)9-7-19/h3-9H,10-15H2,1-2H3. The molecule has 2 aromatic rings. The molecule has 0 saturated carbocycles. The summed E-state index contributed by atoms with van der Waals surface area (Å²) in [6.45, 7) is 8.86. The number of carbonyl (C=O) groups is 1. The van der Waals surface area contributed by atoms with Gasteiger partial charge in [-0.05, 0) is 61.2 Å². The lowest BCUT2D eigenvalue weighted by Gasteiger charge is -2.35. The minimum absolute atomic E-state index is 0.103. The Hall–Kier alpha value is -1.84. The minimum Gasteiger partial charge on any atom is -0.336 e. The lowest BCUT2D eigenvalue weighted by Crippen LogP contribution is -2.49. The Labute approximate surface area is 155 Å². The normalized spacial score (nSPS) is 15.4. The summed E-state index contributed by atoms with van der Waals surface area (Å²) in [7, 11) is 0. The molecule has 1 aliphatic heterocycles. The highest BCUT2D eigenvalue weighted by molar-refractivity contribution is 6.30. The predicted octanol–water partition coefficient (Wildman–Crippen LogP) is 3.96. The largest absolute Gasteiger partial charge is 0.336 e. The van der Waals surface area contributed by atoms with Gasteiger partial charge >= 0.3 is 0 Å². The van der Waals surface area contributed by atoms with Crippen LogP contribution in [0.4, 0.5) is 0 Å². The van der Waals surface area contributed by atoms with Gasteiger partial charge < -0.3 is 4.90 Å². The molecule has 1 heterocycles. The van der Waals surface area contributed by atoms with E-state index in [4.69, 9.17) is 11.6 Å².